The van der Waals surface area contributed by atoms with Crippen LogP contribution in [0.5, 0.6) is 0 Å². The summed E-state index contributed by atoms with van der Waals surface area (Å²) in [6, 6.07) is 5.45. The Hall–Kier alpha value is -1.25. The van der Waals surface area contributed by atoms with E-state index >= 15 is 0 Å². The van der Waals surface area contributed by atoms with Crippen molar-refractivity contribution >= 4 is 15.5 Å². The van der Waals surface area contributed by atoms with Gasteiger partial charge in [-0.05, 0) is 12.1 Å². The van der Waals surface area contributed by atoms with Crippen LogP contribution in [0.3, 0.4) is 0 Å². The Balaban J connectivity index is 3.08. The molecule has 0 amide bonds. The van der Waals surface area contributed by atoms with Crippen molar-refractivity contribution in [3.8, 4) is 0 Å². The summed E-state index contributed by atoms with van der Waals surface area (Å²) in [6.07, 6.45) is -0.854. The van der Waals surface area contributed by atoms with E-state index < -0.39 is 26.6 Å². The normalized spacial score (nSPS) is 13.5. The molecule has 1 unspecified atom stereocenters. The van der Waals surface area contributed by atoms with Crippen LogP contribution in [0.25, 0.3) is 0 Å². The van der Waals surface area contributed by atoms with Gasteiger partial charge in [0.25, 0.3) is 0 Å². The molecule has 8 heteroatoms. The average molecular weight is 309 g/mol. The standard InChI is InChI=1S/C12H17F2NO4S/c1-15(7-9(16)8-19-2)10-5-3-4-6-11(10)20(17,18)12(13)14/h3-6,9,12,16H,7-8H2,1-2H3. The molecule has 1 aromatic carbocycles. The van der Waals surface area contributed by atoms with Gasteiger partial charge in [0.15, 0.2) is 0 Å². The molecule has 0 radical (unpaired) electrons. The predicted molar refractivity (Wildman–Crippen MR) is 70.8 cm³/mol. The molecule has 0 bridgehead atoms. The second-order valence-corrected chi connectivity index (χ2v) is 6.15. The Labute approximate surface area is 116 Å². The van der Waals surface area contributed by atoms with Crippen LogP contribution in [0.1, 0.15) is 0 Å². The highest BCUT2D eigenvalue weighted by atomic mass is 32.2. The molecular weight excluding hydrogens is 292 g/mol. The minimum absolute atomic E-state index is 0.0591. The van der Waals surface area contributed by atoms with E-state index in [4.69, 9.17) is 4.74 Å². The second kappa shape index (κ2) is 6.96. The van der Waals surface area contributed by atoms with Gasteiger partial charge in [0, 0.05) is 20.7 Å². The smallest absolute Gasteiger partial charge is 0.341 e. The van der Waals surface area contributed by atoms with Gasteiger partial charge < -0.3 is 14.7 Å². The molecule has 0 heterocycles. The minimum Gasteiger partial charge on any atom is -0.389 e. The highest BCUT2D eigenvalue weighted by Crippen LogP contribution is 2.28. The largest absolute Gasteiger partial charge is 0.389 e. The van der Waals surface area contributed by atoms with Crippen LogP contribution in [0.2, 0.25) is 0 Å². The molecule has 0 saturated heterocycles. The maximum absolute atomic E-state index is 12.6. The molecular formula is C12H17F2NO4S. The molecule has 1 rings (SSSR count). The number of hydrogen-bond acceptors (Lipinski definition) is 5. The molecule has 0 aliphatic rings. The number of ether oxygens (including phenoxy) is 1. The van der Waals surface area contributed by atoms with E-state index in [-0.39, 0.29) is 18.8 Å². The number of anilines is 1. The Morgan fingerprint density at radius 2 is 1.95 bits per heavy atom. The number of benzene rings is 1. The summed E-state index contributed by atoms with van der Waals surface area (Å²) >= 11 is 0. The average Bonchev–Trinajstić information content (AvgIpc) is 2.38. The van der Waals surface area contributed by atoms with Gasteiger partial charge in [-0.1, -0.05) is 12.1 Å². The van der Waals surface area contributed by atoms with Crippen molar-refractivity contribution < 1.29 is 27.0 Å². The van der Waals surface area contributed by atoms with Crippen LogP contribution in [0.15, 0.2) is 29.2 Å². The summed E-state index contributed by atoms with van der Waals surface area (Å²) in [7, 11) is -1.76. The summed E-state index contributed by atoms with van der Waals surface area (Å²) < 4.78 is 53.3. The van der Waals surface area contributed by atoms with Crippen molar-refractivity contribution in [1.29, 1.82) is 0 Å². The van der Waals surface area contributed by atoms with Crippen LogP contribution >= 0.6 is 0 Å². The molecule has 0 fully saturated rings. The van der Waals surface area contributed by atoms with Crippen LogP contribution < -0.4 is 4.90 Å². The van der Waals surface area contributed by atoms with Gasteiger partial charge in [0.2, 0.25) is 9.84 Å². The molecule has 20 heavy (non-hydrogen) atoms. The van der Waals surface area contributed by atoms with Gasteiger partial charge in [-0.2, -0.15) is 8.78 Å². The first-order valence-electron chi connectivity index (χ1n) is 5.80. The number of hydrogen-bond donors (Lipinski definition) is 1. The van der Waals surface area contributed by atoms with Crippen LogP contribution in [0.4, 0.5) is 14.5 Å². The van der Waals surface area contributed by atoms with E-state index in [9.17, 15) is 22.3 Å². The molecule has 0 spiro atoms. The number of halogens is 2. The summed E-state index contributed by atoms with van der Waals surface area (Å²) in [5.41, 5.74) is 0.114. The lowest BCUT2D eigenvalue weighted by molar-refractivity contribution is 0.0694. The van der Waals surface area contributed by atoms with Gasteiger partial charge >= 0.3 is 5.76 Å². The molecule has 1 atom stereocenters. The molecule has 114 valence electrons. The van der Waals surface area contributed by atoms with Crippen LogP contribution in [0, 0.1) is 0 Å². The number of aliphatic hydroxyl groups is 1. The summed E-state index contributed by atoms with van der Waals surface area (Å²) in [5, 5.41) is 9.62. The molecule has 0 saturated carbocycles. The van der Waals surface area contributed by atoms with E-state index in [2.05, 4.69) is 0 Å². The molecule has 1 aromatic rings. The van der Waals surface area contributed by atoms with Crippen molar-refractivity contribution in [2.75, 3.05) is 32.2 Å². The van der Waals surface area contributed by atoms with Gasteiger partial charge in [-0.25, -0.2) is 8.42 Å². The quantitative estimate of drug-likeness (QED) is 0.818. The number of sulfone groups is 1. The topological polar surface area (TPSA) is 66.8 Å². The predicted octanol–water partition coefficient (Wildman–Crippen LogP) is 1.13. The SMILES string of the molecule is COCC(O)CN(C)c1ccccc1S(=O)(=O)C(F)F. The fourth-order valence-electron chi connectivity index (χ4n) is 1.77. The van der Waals surface area contributed by atoms with Crippen molar-refractivity contribution in [3.63, 3.8) is 0 Å². The molecule has 0 aliphatic carbocycles. The number of aliphatic hydroxyl groups excluding tert-OH is 1. The highest BCUT2D eigenvalue weighted by molar-refractivity contribution is 7.91. The summed E-state index contributed by atoms with van der Waals surface area (Å²) in [6.45, 7) is 0.123. The Morgan fingerprint density at radius 1 is 1.35 bits per heavy atom. The number of rotatable bonds is 7. The second-order valence-electron chi connectivity index (χ2n) is 4.26. The summed E-state index contributed by atoms with van der Waals surface area (Å²) in [4.78, 5) is 0.945. The molecule has 5 nitrogen and oxygen atoms in total. The summed E-state index contributed by atoms with van der Waals surface area (Å²) in [5.74, 6) is -3.49. The maximum atomic E-state index is 12.6. The molecule has 0 aliphatic heterocycles. The zero-order valence-corrected chi connectivity index (χ0v) is 12.0. The Kier molecular flexibility index (Phi) is 5.85. The molecule has 1 N–H and O–H groups in total. The number of para-hydroxylation sites is 1. The molecule has 0 aromatic heterocycles. The third kappa shape index (κ3) is 3.87. The van der Waals surface area contributed by atoms with Gasteiger partial charge in [-0.3, -0.25) is 0 Å². The van der Waals surface area contributed by atoms with E-state index in [0.717, 1.165) is 6.07 Å². The third-order valence-electron chi connectivity index (χ3n) is 2.66. The Morgan fingerprint density at radius 3 is 2.50 bits per heavy atom. The van der Waals surface area contributed by atoms with Crippen LogP contribution in [-0.4, -0.2) is 52.7 Å². The fraction of sp³-hybridized carbons (Fsp3) is 0.500. The van der Waals surface area contributed by atoms with Gasteiger partial charge in [-0.15, -0.1) is 0 Å². The van der Waals surface area contributed by atoms with E-state index in [1.165, 1.54) is 31.2 Å². The van der Waals surface area contributed by atoms with E-state index in [0.29, 0.717) is 0 Å². The number of likely N-dealkylation sites (N-methyl/N-ethyl adjacent to an activating group) is 1. The number of alkyl halides is 2. The first kappa shape index (κ1) is 16.8. The lowest BCUT2D eigenvalue weighted by Gasteiger charge is -2.24. The van der Waals surface area contributed by atoms with Crippen molar-refractivity contribution in [2.24, 2.45) is 0 Å². The van der Waals surface area contributed by atoms with Gasteiger partial charge in [0.05, 0.1) is 23.3 Å². The number of nitrogens with zero attached hydrogens (tertiary/aromatic N) is 1. The third-order valence-corrected chi connectivity index (χ3v) is 4.09. The van der Waals surface area contributed by atoms with Crippen molar-refractivity contribution in [2.45, 2.75) is 16.8 Å². The lowest BCUT2D eigenvalue weighted by Crippen LogP contribution is -2.33. The van der Waals surface area contributed by atoms with Gasteiger partial charge in [0.1, 0.15) is 0 Å². The van der Waals surface area contributed by atoms with Crippen molar-refractivity contribution in [3.05, 3.63) is 24.3 Å². The lowest BCUT2D eigenvalue weighted by atomic mass is 10.2. The fourth-order valence-corrected chi connectivity index (χ4v) is 2.74. The highest BCUT2D eigenvalue weighted by Gasteiger charge is 2.30. The zero-order valence-electron chi connectivity index (χ0n) is 11.2. The Bertz CT molecular complexity index is 536. The first-order chi connectivity index (χ1) is 9.30. The van der Waals surface area contributed by atoms with E-state index in [1.54, 1.807) is 6.07 Å². The number of methoxy groups -OCH3 is 1. The van der Waals surface area contributed by atoms with E-state index in [1.807, 2.05) is 0 Å². The first-order valence-corrected chi connectivity index (χ1v) is 7.34. The van der Waals surface area contributed by atoms with Crippen LogP contribution in [-0.2, 0) is 14.6 Å². The monoisotopic (exact) mass is 309 g/mol. The van der Waals surface area contributed by atoms with Crippen molar-refractivity contribution in [1.82, 2.24) is 0 Å². The maximum Gasteiger partial charge on any atom is 0.341 e. The zero-order chi connectivity index (χ0) is 15.3. The minimum atomic E-state index is -4.69.